The molecule has 0 spiro atoms. The Labute approximate surface area is 225 Å². The number of hydrogen-bond donors (Lipinski definition) is 1. The number of aryl methyl sites for hydroxylation is 1. The van der Waals surface area contributed by atoms with Crippen molar-refractivity contribution in [2.45, 2.75) is 38.6 Å². The number of nitrogens with zero attached hydrogens (tertiary/aromatic N) is 4. The number of aromatic nitrogens is 2. The van der Waals surface area contributed by atoms with E-state index < -0.39 is 5.82 Å². The Morgan fingerprint density at radius 3 is 2.62 bits per heavy atom. The van der Waals surface area contributed by atoms with Crippen LogP contribution in [0.3, 0.4) is 0 Å². The number of benzene rings is 2. The Hall–Kier alpha value is -3.10. The van der Waals surface area contributed by atoms with Crippen molar-refractivity contribution >= 4 is 46.3 Å². The van der Waals surface area contributed by atoms with Gasteiger partial charge in [-0.3, -0.25) is 4.79 Å². The molecule has 2 aliphatic heterocycles. The summed E-state index contributed by atoms with van der Waals surface area (Å²) in [6, 6.07) is 9.80. The highest BCUT2D eigenvalue weighted by Crippen LogP contribution is 2.40. The average molecular weight is 544 g/mol. The Balaban J connectivity index is 1.43. The molecule has 37 heavy (non-hydrogen) atoms. The highest BCUT2D eigenvalue weighted by molar-refractivity contribution is 6.36. The standard InChI is InChI=1S/C27H28Cl2FN5O2/c1-16(25-18(28)8-9-19(30)26(25)29)35-13-5-6-20-22(35)15-24(33-32-20)31-21-10-7-17(14-23(21)37-2)27(36)34-11-3-4-12-34/h7-10,14-16H,3-6,11-13H2,1-2H3,(H,31,33)/t16-/m1/s1. The third-order valence-corrected chi connectivity index (χ3v) is 7.75. The number of carbonyl (C=O) groups is 1. The highest BCUT2D eigenvalue weighted by Gasteiger charge is 2.28. The first-order valence-corrected chi connectivity index (χ1v) is 13.1. The maximum atomic E-state index is 14.2. The van der Waals surface area contributed by atoms with Crippen molar-refractivity contribution in [3.05, 3.63) is 69.1 Å². The number of fused-ring (bicyclic) bond motifs is 1. The molecule has 2 aromatic carbocycles. The maximum absolute atomic E-state index is 14.2. The lowest BCUT2D eigenvalue weighted by molar-refractivity contribution is 0.0792. The molecule has 2 aliphatic rings. The van der Waals surface area contributed by atoms with Gasteiger partial charge in [-0.2, -0.15) is 5.10 Å². The van der Waals surface area contributed by atoms with Crippen molar-refractivity contribution in [2.75, 3.05) is 37.0 Å². The van der Waals surface area contributed by atoms with Crippen molar-refractivity contribution in [1.29, 1.82) is 0 Å². The summed E-state index contributed by atoms with van der Waals surface area (Å²) in [5.41, 5.74) is 3.53. The van der Waals surface area contributed by atoms with Crippen molar-refractivity contribution in [3.8, 4) is 5.75 Å². The predicted molar refractivity (Wildman–Crippen MR) is 144 cm³/mol. The molecule has 0 saturated carbocycles. The molecular weight excluding hydrogens is 516 g/mol. The van der Waals surface area contributed by atoms with Crippen LogP contribution in [-0.4, -0.2) is 47.7 Å². The zero-order chi connectivity index (χ0) is 26.1. The number of anilines is 3. The topological polar surface area (TPSA) is 70.6 Å². The third-order valence-electron chi connectivity index (χ3n) is 7.04. The zero-order valence-electron chi connectivity index (χ0n) is 20.7. The summed E-state index contributed by atoms with van der Waals surface area (Å²) in [6.45, 7) is 4.26. The number of carbonyl (C=O) groups excluding carboxylic acids is 1. The van der Waals surface area contributed by atoms with Gasteiger partial charge in [-0.1, -0.05) is 23.2 Å². The fraction of sp³-hybridized carbons (Fsp3) is 0.370. The van der Waals surface area contributed by atoms with E-state index in [0.29, 0.717) is 33.4 Å². The Bertz CT molecular complexity index is 1330. The van der Waals surface area contributed by atoms with E-state index in [1.54, 1.807) is 19.2 Å². The molecule has 3 aromatic rings. The molecule has 1 aromatic heterocycles. The van der Waals surface area contributed by atoms with E-state index in [-0.39, 0.29) is 17.0 Å². The molecule has 194 valence electrons. The zero-order valence-corrected chi connectivity index (χ0v) is 22.2. The number of rotatable bonds is 6. The molecule has 1 N–H and O–H groups in total. The fourth-order valence-electron chi connectivity index (χ4n) is 5.08. The van der Waals surface area contributed by atoms with Gasteiger partial charge in [0.15, 0.2) is 5.82 Å². The van der Waals surface area contributed by atoms with Crippen molar-refractivity contribution in [1.82, 2.24) is 15.1 Å². The summed E-state index contributed by atoms with van der Waals surface area (Å²) in [5.74, 6) is 0.564. The van der Waals surface area contributed by atoms with Gasteiger partial charge in [-0.05, 0) is 62.9 Å². The minimum Gasteiger partial charge on any atom is -0.495 e. The van der Waals surface area contributed by atoms with Crippen molar-refractivity contribution < 1.29 is 13.9 Å². The van der Waals surface area contributed by atoms with E-state index in [9.17, 15) is 9.18 Å². The maximum Gasteiger partial charge on any atom is 0.253 e. The van der Waals surface area contributed by atoms with Crippen LogP contribution in [0.2, 0.25) is 10.0 Å². The summed E-state index contributed by atoms with van der Waals surface area (Å²) in [7, 11) is 1.57. The number of halogens is 3. The number of methoxy groups -OCH3 is 1. The van der Waals surface area contributed by atoms with Crippen molar-refractivity contribution in [2.24, 2.45) is 0 Å². The van der Waals surface area contributed by atoms with E-state index in [1.807, 2.05) is 24.0 Å². The average Bonchev–Trinajstić information content (AvgIpc) is 3.45. The fourth-order valence-corrected chi connectivity index (χ4v) is 5.77. The van der Waals surface area contributed by atoms with Crippen LogP contribution in [0.4, 0.5) is 21.6 Å². The second-order valence-corrected chi connectivity index (χ2v) is 10.1. The van der Waals surface area contributed by atoms with Gasteiger partial charge in [0.1, 0.15) is 11.6 Å². The van der Waals surface area contributed by atoms with Crippen LogP contribution in [0.5, 0.6) is 5.75 Å². The number of hydrogen-bond acceptors (Lipinski definition) is 6. The Morgan fingerprint density at radius 1 is 1.08 bits per heavy atom. The molecule has 1 amide bonds. The van der Waals surface area contributed by atoms with Gasteiger partial charge >= 0.3 is 0 Å². The predicted octanol–water partition coefficient (Wildman–Crippen LogP) is 6.42. The summed E-state index contributed by atoms with van der Waals surface area (Å²) in [6.07, 6.45) is 3.73. The smallest absolute Gasteiger partial charge is 0.253 e. The Kier molecular flexibility index (Phi) is 7.40. The molecule has 0 bridgehead atoms. The molecule has 0 radical (unpaired) electrons. The van der Waals surface area contributed by atoms with Gasteiger partial charge < -0.3 is 19.9 Å². The van der Waals surface area contributed by atoms with E-state index in [1.165, 1.54) is 12.1 Å². The summed E-state index contributed by atoms with van der Waals surface area (Å²) >= 11 is 12.8. The molecule has 0 aliphatic carbocycles. The first-order valence-electron chi connectivity index (χ1n) is 12.4. The molecule has 1 fully saturated rings. The van der Waals surface area contributed by atoms with Gasteiger partial charge in [-0.15, -0.1) is 5.10 Å². The first kappa shape index (κ1) is 25.5. The lowest BCUT2D eigenvalue weighted by Gasteiger charge is -2.36. The van der Waals surface area contributed by atoms with E-state index in [4.69, 9.17) is 27.9 Å². The highest BCUT2D eigenvalue weighted by atomic mass is 35.5. The van der Waals surface area contributed by atoms with Gasteiger partial charge in [0.05, 0.1) is 35.2 Å². The number of ether oxygens (including phenoxy) is 1. The van der Waals surface area contributed by atoms with Crippen LogP contribution in [0.25, 0.3) is 0 Å². The molecular formula is C27H28Cl2FN5O2. The molecule has 0 unspecified atom stereocenters. The van der Waals surface area contributed by atoms with E-state index >= 15 is 0 Å². The second kappa shape index (κ2) is 10.7. The molecule has 10 heteroatoms. The van der Waals surface area contributed by atoms with Crippen molar-refractivity contribution in [3.63, 3.8) is 0 Å². The Morgan fingerprint density at radius 2 is 1.86 bits per heavy atom. The minimum absolute atomic E-state index is 0.00946. The van der Waals surface area contributed by atoms with Gasteiger partial charge in [-0.25, -0.2) is 4.39 Å². The van der Waals surface area contributed by atoms with Crippen LogP contribution in [0, 0.1) is 5.82 Å². The van der Waals surface area contributed by atoms with Gasteiger partial charge in [0.25, 0.3) is 5.91 Å². The minimum atomic E-state index is -0.501. The van der Waals surface area contributed by atoms with Crippen LogP contribution in [0.1, 0.15) is 53.8 Å². The SMILES string of the molecule is COc1cc(C(=O)N2CCCC2)ccc1Nc1cc2c(nn1)CCCN2[C@H](C)c1c(Cl)ccc(F)c1Cl. The number of amides is 1. The second-order valence-electron chi connectivity index (χ2n) is 9.33. The van der Waals surface area contributed by atoms with E-state index in [2.05, 4.69) is 20.4 Å². The number of likely N-dealkylation sites (tertiary alicyclic amines) is 1. The monoisotopic (exact) mass is 543 g/mol. The normalized spacial score (nSPS) is 15.9. The lowest BCUT2D eigenvalue weighted by atomic mass is 10.0. The van der Waals surface area contributed by atoms with Gasteiger partial charge in [0.2, 0.25) is 0 Å². The molecule has 1 atom stereocenters. The van der Waals surface area contributed by atoms with Crippen LogP contribution >= 0.6 is 23.2 Å². The molecule has 7 nitrogen and oxygen atoms in total. The molecule has 5 rings (SSSR count). The van der Waals surface area contributed by atoms with Crippen LogP contribution in [-0.2, 0) is 6.42 Å². The van der Waals surface area contributed by atoms with Crippen LogP contribution in [0.15, 0.2) is 36.4 Å². The van der Waals surface area contributed by atoms with Crippen LogP contribution < -0.4 is 15.0 Å². The summed E-state index contributed by atoms with van der Waals surface area (Å²) in [4.78, 5) is 16.8. The van der Waals surface area contributed by atoms with E-state index in [0.717, 1.165) is 56.7 Å². The first-order chi connectivity index (χ1) is 17.9. The lowest BCUT2D eigenvalue weighted by Crippen LogP contribution is -2.33. The number of nitrogens with one attached hydrogen (secondary N) is 1. The van der Waals surface area contributed by atoms with Gasteiger partial charge in [0, 0.05) is 41.9 Å². The quantitative estimate of drug-likeness (QED) is 0.361. The third kappa shape index (κ3) is 5.05. The molecule has 1 saturated heterocycles. The largest absolute Gasteiger partial charge is 0.495 e. The summed E-state index contributed by atoms with van der Waals surface area (Å²) < 4.78 is 19.8. The molecule has 3 heterocycles. The summed E-state index contributed by atoms with van der Waals surface area (Å²) in [5, 5.41) is 12.6.